The van der Waals surface area contributed by atoms with E-state index in [1.165, 1.54) is 32.3 Å². The summed E-state index contributed by atoms with van der Waals surface area (Å²) in [6.45, 7) is 8.49. The Bertz CT molecular complexity index is 741. The molecular formula is C22H23I. The summed E-state index contributed by atoms with van der Waals surface area (Å²) in [6.07, 6.45) is 16.8. The average molecular weight is 414 g/mol. The number of rotatable bonds is 4. The molecule has 0 aromatic heterocycles. The van der Waals surface area contributed by atoms with Crippen LogP contribution in [0.2, 0.25) is 0 Å². The molecule has 118 valence electrons. The van der Waals surface area contributed by atoms with Crippen molar-refractivity contribution >= 4 is 28.2 Å². The Morgan fingerprint density at radius 3 is 2.83 bits per heavy atom. The van der Waals surface area contributed by atoms with Crippen LogP contribution < -0.4 is 0 Å². The molecule has 3 rings (SSSR count). The van der Waals surface area contributed by atoms with E-state index in [0.717, 1.165) is 6.42 Å². The van der Waals surface area contributed by atoms with Gasteiger partial charge < -0.3 is 0 Å². The zero-order chi connectivity index (χ0) is 16.4. The van der Waals surface area contributed by atoms with E-state index in [1.807, 2.05) is 12.2 Å². The first-order valence-electron chi connectivity index (χ1n) is 8.18. The van der Waals surface area contributed by atoms with Crippen LogP contribution in [-0.2, 0) is 11.8 Å². The van der Waals surface area contributed by atoms with Crippen molar-refractivity contribution in [3.63, 3.8) is 0 Å². The first-order chi connectivity index (χ1) is 11.0. The molecule has 0 saturated heterocycles. The third kappa shape index (κ3) is 3.16. The standard InChI is InChI=1S/C22H23I/c1-4-5-6-7-8-9-16-10-12-18-19-13-11-17(23)15-21(19)22(2,3)20(18)14-16/h4-8,10-14,21H,1,9,15H2,2-3H3/b6-5-,8-7-. The van der Waals surface area contributed by atoms with Crippen LogP contribution in [0.4, 0.5) is 0 Å². The highest BCUT2D eigenvalue weighted by atomic mass is 127. The van der Waals surface area contributed by atoms with Gasteiger partial charge in [0.1, 0.15) is 0 Å². The van der Waals surface area contributed by atoms with Gasteiger partial charge in [0.05, 0.1) is 0 Å². The quantitative estimate of drug-likeness (QED) is 0.388. The largest absolute Gasteiger partial charge is 0.0991 e. The van der Waals surface area contributed by atoms with Gasteiger partial charge in [-0.15, -0.1) is 0 Å². The number of allylic oxidation sites excluding steroid dienone is 9. The average Bonchev–Trinajstić information content (AvgIpc) is 2.75. The lowest BCUT2D eigenvalue weighted by molar-refractivity contribution is 0.413. The smallest absolute Gasteiger partial charge is 0.00189 e. The SMILES string of the molecule is C=C/C=C\C=C/Cc1ccc2c(c1)C(C)(C)C1CC(I)=CC=C21. The maximum Gasteiger partial charge on any atom is -0.00189 e. The normalized spacial score (nSPS) is 22.0. The lowest BCUT2D eigenvalue weighted by atomic mass is 9.74. The van der Waals surface area contributed by atoms with E-state index >= 15 is 0 Å². The molecule has 0 radical (unpaired) electrons. The minimum absolute atomic E-state index is 0.217. The topological polar surface area (TPSA) is 0 Å². The summed E-state index contributed by atoms with van der Waals surface area (Å²) in [5, 5.41) is 0. The Morgan fingerprint density at radius 2 is 2.04 bits per heavy atom. The Morgan fingerprint density at radius 1 is 1.22 bits per heavy atom. The minimum atomic E-state index is 0.217. The van der Waals surface area contributed by atoms with Gasteiger partial charge in [-0.3, -0.25) is 0 Å². The van der Waals surface area contributed by atoms with E-state index in [0.29, 0.717) is 5.92 Å². The van der Waals surface area contributed by atoms with Gasteiger partial charge in [0.2, 0.25) is 0 Å². The molecule has 0 heterocycles. The highest BCUT2D eigenvalue weighted by Crippen LogP contribution is 2.54. The molecule has 2 aliphatic rings. The van der Waals surface area contributed by atoms with Crippen LogP contribution in [0.15, 0.2) is 70.9 Å². The highest BCUT2D eigenvalue weighted by molar-refractivity contribution is 14.1. The number of halogens is 1. The molecule has 0 aliphatic heterocycles. The zero-order valence-corrected chi connectivity index (χ0v) is 16.0. The van der Waals surface area contributed by atoms with Crippen LogP contribution in [0.1, 0.15) is 37.0 Å². The van der Waals surface area contributed by atoms with Gasteiger partial charge in [0.15, 0.2) is 0 Å². The third-order valence-electron chi connectivity index (χ3n) is 5.03. The van der Waals surface area contributed by atoms with Crippen molar-refractivity contribution < 1.29 is 0 Å². The molecule has 0 N–H and O–H groups in total. The van der Waals surface area contributed by atoms with Gasteiger partial charge in [-0.05, 0) is 72.6 Å². The molecule has 0 nitrogen and oxygen atoms in total. The maximum atomic E-state index is 3.68. The molecule has 2 aliphatic carbocycles. The van der Waals surface area contributed by atoms with Crippen LogP contribution in [0.5, 0.6) is 0 Å². The first-order valence-corrected chi connectivity index (χ1v) is 9.26. The van der Waals surface area contributed by atoms with Crippen LogP contribution in [0.3, 0.4) is 0 Å². The van der Waals surface area contributed by atoms with Gasteiger partial charge in [0, 0.05) is 0 Å². The summed E-state index contributed by atoms with van der Waals surface area (Å²) >= 11 is 2.48. The number of hydrogen-bond acceptors (Lipinski definition) is 0. The summed E-state index contributed by atoms with van der Waals surface area (Å²) in [6, 6.07) is 7.03. The Kier molecular flexibility index (Phi) is 4.77. The number of hydrogen-bond donors (Lipinski definition) is 0. The fraction of sp³-hybridized carbons (Fsp3) is 0.273. The Labute approximate surface area is 153 Å². The summed E-state index contributed by atoms with van der Waals surface area (Å²) in [4.78, 5) is 0. The van der Waals surface area contributed by atoms with Gasteiger partial charge in [0.25, 0.3) is 0 Å². The highest BCUT2D eigenvalue weighted by Gasteiger charge is 2.43. The molecular weight excluding hydrogens is 391 g/mol. The lowest BCUT2D eigenvalue weighted by Crippen LogP contribution is -2.24. The van der Waals surface area contributed by atoms with E-state index in [-0.39, 0.29) is 5.41 Å². The molecule has 1 unspecified atom stereocenters. The molecule has 1 aromatic rings. The lowest BCUT2D eigenvalue weighted by Gasteiger charge is -2.30. The number of fused-ring (bicyclic) bond motifs is 3. The fourth-order valence-electron chi connectivity index (χ4n) is 3.71. The molecule has 0 saturated carbocycles. The summed E-state index contributed by atoms with van der Waals surface area (Å²) in [5.74, 6) is 0.621. The van der Waals surface area contributed by atoms with Crippen molar-refractivity contribution in [2.45, 2.75) is 32.1 Å². The molecule has 1 atom stereocenters. The zero-order valence-electron chi connectivity index (χ0n) is 13.9. The molecule has 0 bridgehead atoms. The summed E-state index contributed by atoms with van der Waals surface area (Å²) in [5.41, 5.74) is 6.11. The fourth-order valence-corrected chi connectivity index (χ4v) is 4.33. The van der Waals surface area contributed by atoms with Crippen LogP contribution in [-0.4, -0.2) is 0 Å². The van der Waals surface area contributed by atoms with Gasteiger partial charge in [-0.2, -0.15) is 0 Å². The van der Waals surface area contributed by atoms with E-state index < -0.39 is 0 Å². The van der Waals surface area contributed by atoms with Crippen LogP contribution >= 0.6 is 22.6 Å². The molecule has 0 spiro atoms. The van der Waals surface area contributed by atoms with Crippen molar-refractivity contribution in [3.8, 4) is 0 Å². The maximum absolute atomic E-state index is 3.68. The molecule has 1 heteroatoms. The molecule has 1 aromatic carbocycles. The Hall–Kier alpha value is -1.35. The van der Waals surface area contributed by atoms with Crippen molar-refractivity contribution in [1.82, 2.24) is 0 Å². The van der Waals surface area contributed by atoms with Crippen molar-refractivity contribution in [3.05, 3.63) is 87.6 Å². The summed E-state index contributed by atoms with van der Waals surface area (Å²) < 4.78 is 1.47. The van der Waals surface area contributed by atoms with Crippen molar-refractivity contribution in [1.29, 1.82) is 0 Å². The van der Waals surface area contributed by atoms with Crippen molar-refractivity contribution in [2.75, 3.05) is 0 Å². The van der Waals surface area contributed by atoms with Crippen molar-refractivity contribution in [2.24, 2.45) is 5.92 Å². The monoisotopic (exact) mass is 414 g/mol. The minimum Gasteiger partial charge on any atom is -0.0991 e. The second kappa shape index (κ2) is 6.64. The predicted molar refractivity (Wildman–Crippen MR) is 110 cm³/mol. The van der Waals surface area contributed by atoms with E-state index in [1.54, 1.807) is 6.08 Å². The Balaban J connectivity index is 1.90. The predicted octanol–water partition coefficient (Wildman–Crippen LogP) is 6.54. The molecule has 0 fully saturated rings. The van der Waals surface area contributed by atoms with Gasteiger partial charge in [-0.1, -0.05) is 81.2 Å². The third-order valence-corrected chi connectivity index (χ3v) is 5.83. The second-order valence-corrected chi connectivity index (χ2v) is 8.23. The summed E-state index contributed by atoms with van der Waals surface area (Å²) in [7, 11) is 0. The van der Waals surface area contributed by atoms with Crippen LogP contribution in [0.25, 0.3) is 5.57 Å². The number of benzene rings is 1. The second-order valence-electron chi connectivity index (χ2n) is 6.85. The van der Waals surface area contributed by atoms with E-state index in [2.05, 4.69) is 85.5 Å². The van der Waals surface area contributed by atoms with E-state index in [4.69, 9.17) is 0 Å². The molecule has 0 amide bonds. The first kappa shape index (κ1) is 16.5. The van der Waals surface area contributed by atoms with E-state index in [9.17, 15) is 0 Å². The van der Waals surface area contributed by atoms with Gasteiger partial charge in [-0.25, -0.2) is 0 Å². The van der Waals surface area contributed by atoms with Gasteiger partial charge >= 0.3 is 0 Å². The molecule has 23 heavy (non-hydrogen) atoms. The van der Waals surface area contributed by atoms with Crippen LogP contribution in [0, 0.1) is 5.92 Å².